The number of nitrogens with one attached hydrogen (secondary N) is 2. The number of hydrogen-bond donors (Lipinski definition) is 3. The van der Waals surface area contributed by atoms with Crippen molar-refractivity contribution in [1.29, 1.82) is 0 Å². The van der Waals surface area contributed by atoms with Gasteiger partial charge in [0.1, 0.15) is 11.5 Å². The van der Waals surface area contributed by atoms with Gasteiger partial charge in [-0.2, -0.15) is 0 Å². The highest BCUT2D eigenvalue weighted by Gasteiger charge is 2.39. The molecule has 1 fully saturated rings. The zero-order valence-corrected chi connectivity index (χ0v) is 22.5. The second-order valence-corrected chi connectivity index (χ2v) is 11.2. The number of methoxy groups -OCH3 is 1. The predicted octanol–water partition coefficient (Wildman–Crippen LogP) is 4.25. The number of likely N-dealkylation sites (tertiary alicyclic amines) is 1. The summed E-state index contributed by atoms with van der Waals surface area (Å²) in [5, 5.41) is 16.5. The monoisotopic (exact) mass is 493 g/mol. The number of fused-ring (bicyclic) bond motifs is 1. The first-order chi connectivity index (χ1) is 17.2. The first-order valence-corrected chi connectivity index (χ1v) is 13.4. The average molecular weight is 494 g/mol. The van der Waals surface area contributed by atoms with E-state index < -0.39 is 0 Å². The Kier molecular flexibility index (Phi) is 8.26. The standard InChI is InChI=1S/C30H43N3O3/c1-6-20(2)28(32-29(35)27-15-22-10-11-25(34)14-23(22)17-31-27)19-33-13-12-30(4,21(3)18-33)24-8-7-9-26(16-24)36-5/h7-11,14,16,20-21,27-28,31,34H,6,12-13,15,17-19H2,1-5H3,(H,32,35)/t20-,21-,27+,28+,30+/m0/s1. The lowest BCUT2D eigenvalue weighted by Crippen LogP contribution is -2.56. The topological polar surface area (TPSA) is 73.8 Å². The van der Waals surface area contributed by atoms with Gasteiger partial charge >= 0.3 is 0 Å². The van der Waals surface area contributed by atoms with Gasteiger partial charge in [0.25, 0.3) is 0 Å². The smallest absolute Gasteiger partial charge is 0.237 e. The van der Waals surface area contributed by atoms with Gasteiger partial charge in [-0.15, -0.1) is 0 Å². The number of piperidine rings is 1. The average Bonchev–Trinajstić information content (AvgIpc) is 2.89. The number of ether oxygens (including phenoxy) is 1. The maximum Gasteiger partial charge on any atom is 0.237 e. The third-order valence-electron chi connectivity index (χ3n) is 8.88. The number of phenolic OH excluding ortho intramolecular Hbond substituents is 1. The van der Waals surface area contributed by atoms with Crippen LogP contribution in [0.1, 0.15) is 57.2 Å². The molecule has 3 N–H and O–H groups in total. The molecule has 0 spiro atoms. The summed E-state index contributed by atoms with van der Waals surface area (Å²) >= 11 is 0. The molecule has 36 heavy (non-hydrogen) atoms. The van der Waals surface area contributed by atoms with Gasteiger partial charge in [-0.25, -0.2) is 0 Å². The highest BCUT2D eigenvalue weighted by Crippen LogP contribution is 2.40. The molecular weight excluding hydrogens is 450 g/mol. The molecule has 0 bridgehead atoms. The van der Waals surface area contributed by atoms with E-state index in [1.165, 1.54) is 5.56 Å². The van der Waals surface area contributed by atoms with Gasteiger partial charge in [0.05, 0.1) is 13.2 Å². The Bertz CT molecular complexity index is 1060. The first-order valence-electron chi connectivity index (χ1n) is 13.4. The van der Waals surface area contributed by atoms with E-state index in [0.29, 0.717) is 24.8 Å². The van der Waals surface area contributed by atoms with Crippen molar-refractivity contribution in [3.05, 3.63) is 59.2 Å². The highest BCUT2D eigenvalue weighted by molar-refractivity contribution is 5.82. The number of rotatable bonds is 8. The van der Waals surface area contributed by atoms with Crippen molar-refractivity contribution in [2.24, 2.45) is 11.8 Å². The van der Waals surface area contributed by atoms with Crippen LogP contribution >= 0.6 is 0 Å². The number of nitrogens with zero attached hydrogens (tertiary/aromatic N) is 1. The van der Waals surface area contributed by atoms with Crippen molar-refractivity contribution in [3.63, 3.8) is 0 Å². The number of carbonyl (C=O) groups excluding carboxylic acids is 1. The van der Waals surface area contributed by atoms with E-state index in [0.717, 1.165) is 49.4 Å². The number of carbonyl (C=O) groups is 1. The lowest BCUT2D eigenvalue weighted by molar-refractivity contribution is -0.124. The summed E-state index contributed by atoms with van der Waals surface area (Å²) in [6.07, 6.45) is 2.75. The molecule has 2 aliphatic rings. The number of amides is 1. The SMILES string of the molecule is CC[C@H](C)[C@@H](CN1CC[C@@](C)(c2cccc(OC)c2)[C@@H](C)C1)NC(=O)[C@H]1Cc2ccc(O)cc2CN1. The van der Waals surface area contributed by atoms with E-state index in [4.69, 9.17) is 4.74 Å². The van der Waals surface area contributed by atoms with E-state index in [2.05, 4.69) is 61.4 Å². The molecular formula is C30H43N3O3. The summed E-state index contributed by atoms with van der Waals surface area (Å²) in [5.74, 6) is 2.14. The lowest BCUT2D eigenvalue weighted by Gasteiger charge is -2.46. The van der Waals surface area contributed by atoms with Gasteiger partial charge in [-0.1, -0.05) is 52.3 Å². The van der Waals surface area contributed by atoms with Crippen LogP contribution in [-0.2, 0) is 23.2 Å². The molecule has 6 nitrogen and oxygen atoms in total. The molecule has 6 heteroatoms. The predicted molar refractivity (Wildman–Crippen MR) is 144 cm³/mol. The fourth-order valence-corrected chi connectivity index (χ4v) is 5.79. The maximum atomic E-state index is 13.3. The number of aromatic hydroxyl groups is 1. The minimum absolute atomic E-state index is 0.0744. The van der Waals surface area contributed by atoms with E-state index in [1.807, 2.05) is 12.1 Å². The summed E-state index contributed by atoms with van der Waals surface area (Å²) in [5.41, 5.74) is 3.65. The number of benzene rings is 2. The van der Waals surface area contributed by atoms with E-state index >= 15 is 0 Å². The summed E-state index contributed by atoms with van der Waals surface area (Å²) in [6.45, 7) is 12.7. The zero-order valence-electron chi connectivity index (χ0n) is 22.5. The molecule has 5 atom stereocenters. The van der Waals surface area contributed by atoms with Crippen molar-refractivity contribution in [1.82, 2.24) is 15.5 Å². The largest absolute Gasteiger partial charge is 0.508 e. The Morgan fingerprint density at radius 2 is 2.08 bits per heavy atom. The lowest BCUT2D eigenvalue weighted by atomic mass is 9.68. The minimum Gasteiger partial charge on any atom is -0.508 e. The van der Waals surface area contributed by atoms with Gasteiger partial charge in [0.15, 0.2) is 0 Å². The second-order valence-electron chi connectivity index (χ2n) is 11.2. The molecule has 196 valence electrons. The molecule has 0 aliphatic carbocycles. The Hall–Kier alpha value is -2.57. The van der Waals surface area contributed by atoms with E-state index in [9.17, 15) is 9.90 Å². The van der Waals surface area contributed by atoms with Crippen LogP contribution in [0.15, 0.2) is 42.5 Å². The molecule has 0 unspecified atom stereocenters. The van der Waals surface area contributed by atoms with E-state index in [1.54, 1.807) is 19.2 Å². The summed E-state index contributed by atoms with van der Waals surface area (Å²) < 4.78 is 5.48. The van der Waals surface area contributed by atoms with Gasteiger partial charge in [-0.3, -0.25) is 4.79 Å². The Labute approximate surface area is 216 Å². The van der Waals surface area contributed by atoms with Gasteiger partial charge in [-0.05, 0) is 77.6 Å². The first kappa shape index (κ1) is 26.5. The summed E-state index contributed by atoms with van der Waals surface area (Å²) in [4.78, 5) is 15.8. The molecule has 2 heterocycles. The molecule has 1 saturated heterocycles. The van der Waals surface area contributed by atoms with Gasteiger partial charge in [0, 0.05) is 25.7 Å². The molecule has 0 saturated carbocycles. The molecule has 2 aliphatic heterocycles. The van der Waals surface area contributed by atoms with Crippen molar-refractivity contribution < 1.29 is 14.6 Å². The molecule has 4 rings (SSSR count). The third-order valence-corrected chi connectivity index (χ3v) is 8.88. The number of hydrogen-bond acceptors (Lipinski definition) is 5. The molecule has 2 aromatic carbocycles. The van der Waals surface area contributed by atoms with Crippen LogP contribution < -0.4 is 15.4 Å². The normalized spacial score (nSPS) is 26.0. The summed E-state index contributed by atoms with van der Waals surface area (Å²) in [6, 6.07) is 13.8. The van der Waals surface area contributed by atoms with Crippen LogP contribution in [0.3, 0.4) is 0 Å². The van der Waals surface area contributed by atoms with Crippen molar-refractivity contribution >= 4 is 5.91 Å². The van der Waals surface area contributed by atoms with Crippen LogP contribution in [0, 0.1) is 11.8 Å². The van der Waals surface area contributed by atoms with Crippen LogP contribution in [0.5, 0.6) is 11.5 Å². The Morgan fingerprint density at radius 1 is 1.28 bits per heavy atom. The molecule has 0 aromatic heterocycles. The Morgan fingerprint density at radius 3 is 2.81 bits per heavy atom. The second kappa shape index (κ2) is 11.2. The quantitative estimate of drug-likeness (QED) is 0.513. The van der Waals surface area contributed by atoms with Gasteiger partial charge < -0.3 is 25.4 Å². The third kappa shape index (κ3) is 5.70. The minimum atomic E-state index is -0.245. The van der Waals surface area contributed by atoms with Gasteiger partial charge in [0.2, 0.25) is 5.91 Å². The maximum absolute atomic E-state index is 13.3. The molecule has 1 amide bonds. The Balaban J connectivity index is 1.39. The highest BCUT2D eigenvalue weighted by atomic mass is 16.5. The molecule has 2 aromatic rings. The summed E-state index contributed by atoms with van der Waals surface area (Å²) in [7, 11) is 1.73. The van der Waals surface area contributed by atoms with E-state index in [-0.39, 0.29) is 29.2 Å². The molecule has 0 radical (unpaired) electrons. The fraction of sp³-hybridized carbons (Fsp3) is 0.567. The van der Waals surface area contributed by atoms with Crippen LogP contribution in [0.4, 0.5) is 0 Å². The van der Waals surface area contributed by atoms with Crippen LogP contribution in [-0.4, -0.2) is 54.7 Å². The van der Waals surface area contributed by atoms with Crippen LogP contribution in [0.25, 0.3) is 0 Å². The van der Waals surface area contributed by atoms with Crippen LogP contribution in [0.2, 0.25) is 0 Å². The van der Waals surface area contributed by atoms with Crippen molar-refractivity contribution in [2.45, 2.75) is 71.0 Å². The number of phenols is 1. The van der Waals surface area contributed by atoms with Crippen molar-refractivity contribution in [2.75, 3.05) is 26.7 Å². The zero-order chi connectivity index (χ0) is 25.9. The fourth-order valence-electron chi connectivity index (χ4n) is 5.79. The van der Waals surface area contributed by atoms with Crippen molar-refractivity contribution in [3.8, 4) is 11.5 Å².